The standard InChI is InChI=1S/C18H40N6O2/c19-9-3-13-23(14-4-10-20)17(25)7-1-2-8-18(26)24(15-5-11-21)16-6-12-22/h1-16,19-22H2. The van der Waals surface area contributed by atoms with E-state index in [1.165, 1.54) is 0 Å². The van der Waals surface area contributed by atoms with E-state index in [2.05, 4.69) is 0 Å². The Hall–Kier alpha value is -1.22. The Labute approximate surface area is 158 Å². The van der Waals surface area contributed by atoms with E-state index in [-0.39, 0.29) is 11.8 Å². The maximum atomic E-state index is 12.3. The van der Waals surface area contributed by atoms with Crippen LogP contribution >= 0.6 is 0 Å². The van der Waals surface area contributed by atoms with E-state index in [1.54, 1.807) is 0 Å². The predicted molar refractivity (Wildman–Crippen MR) is 106 cm³/mol. The van der Waals surface area contributed by atoms with Crippen molar-refractivity contribution in [1.82, 2.24) is 9.80 Å². The molecule has 0 aliphatic carbocycles. The fourth-order valence-corrected chi connectivity index (χ4v) is 2.72. The van der Waals surface area contributed by atoms with Crippen molar-refractivity contribution in [3.05, 3.63) is 0 Å². The van der Waals surface area contributed by atoms with E-state index in [4.69, 9.17) is 22.9 Å². The van der Waals surface area contributed by atoms with E-state index < -0.39 is 0 Å². The van der Waals surface area contributed by atoms with E-state index in [9.17, 15) is 9.59 Å². The third-order valence-electron chi connectivity index (χ3n) is 4.27. The first-order valence-corrected chi connectivity index (χ1v) is 9.96. The third kappa shape index (κ3) is 12.2. The van der Waals surface area contributed by atoms with Crippen molar-refractivity contribution in [1.29, 1.82) is 0 Å². The molecule has 8 heteroatoms. The van der Waals surface area contributed by atoms with Gasteiger partial charge in [0.2, 0.25) is 11.8 Å². The van der Waals surface area contributed by atoms with Crippen LogP contribution in [-0.2, 0) is 9.59 Å². The largest absolute Gasteiger partial charge is 0.343 e. The Morgan fingerprint density at radius 1 is 0.500 bits per heavy atom. The van der Waals surface area contributed by atoms with Crippen LogP contribution in [0.4, 0.5) is 0 Å². The summed E-state index contributed by atoms with van der Waals surface area (Å²) in [5.41, 5.74) is 22.2. The van der Waals surface area contributed by atoms with Crippen LogP contribution in [0.25, 0.3) is 0 Å². The lowest BCUT2D eigenvalue weighted by molar-refractivity contribution is -0.133. The summed E-state index contributed by atoms with van der Waals surface area (Å²) in [4.78, 5) is 28.4. The normalized spacial score (nSPS) is 10.8. The first-order valence-electron chi connectivity index (χ1n) is 9.96. The molecule has 8 nitrogen and oxygen atoms in total. The Morgan fingerprint density at radius 3 is 1.00 bits per heavy atom. The highest BCUT2D eigenvalue weighted by Gasteiger charge is 2.15. The Morgan fingerprint density at radius 2 is 0.769 bits per heavy atom. The zero-order chi connectivity index (χ0) is 19.6. The number of nitrogens with zero attached hydrogens (tertiary/aromatic N) is 2. The van der Waals surface area contributed by atoms with Crippen LogP contribution in [0, 0.1) is 0 Å². The fraction of sp³-hybridized carbons (Fsp3) is 0.889. The second-order valence-corrected chi connectivity index (χ2v) is 6.54. The van der Waals surface area contributed by atoms with Crippen LogP contribution in [0.3, 0.4) is 0 Å². The lowest BCUT2D eigenvalue weighted by Gasteiger charge is -2.23. The minimum absolute atomic E-state index is 0.127. The van der Waals surface area contributed by atoms with Gasteiger partial charge in [-0.1, -0.05) is 0 Å². The van der Waals surface area contributed by atoms with Gasteiger partial charge in [0.15, 0.2) is 0 Å². The average molecular weight is 373 g/mol. The smallest absolute Gasteiger partial charge is 0.222 e. The second kappa shape index (κ2) is 17.2. The molecule has 8 N–H and O–H groups in total. The Balaban J connectivity index is 4.20. The summed E-state index contributed by atoms with van der Waals surface area (Å²) in [6, 6.07) is 0. The Kier molecular flexibility index (Phi) is 16.4. The molecule has 0 heterocycles. The summed E-state index contributed by atoms with van der Waals surface area (Å²) in [5.74, 6) is 0.255. The monoisotopic (exact) mass is 372 g/mol. The van der Waals surface area contributed by atoms with Crippen LogP contribution in [0.2, 0.25) is 0 Å². The van der Waals surface area contributed by atoms with Crippen molar-refractivity contribution in [2.75, 3.05) is 52.4 Å². The molecular weight excluding hydrogens is 332 g/mol. The van der Waals surface area contributed by atoms with Crippen LogP contribution in [-0.4, -0.2) is 74.0 Å². The van der Waals surface area contributed by atoms with E-state index in [0.29, 0.717) is 78.0 Å². The molecule has 0 rings (SSSR count). The summed E-state index contributed by atoms with van der Waals surface area (Å²) in [7, 11) is 0. The number of carbonyl (C=O) groups excluding carboxylic acids is 2. The minimum Gasteiger partial charge on any atom is -0.343 e. The molecule has 154 valence electrons. The number of carbonyl (C=O) groups is 2. The molecule has 0 aromatic rings. The van der Waals surface area contributed by atoms with Crippen LogP contribution in [0.1, 0.15) is 51.4 Å². The van der Waals surface area contributed by atoms with Gasteiger partial charge in [0.1, 0.15) is 0 Å². The first-order chi connectivity index (χ1) is 12.6. The molecule has 26 heavy (non-hydrogen) atoms. The number of unbranched alkanes of at least 4 members (excludes halogenated alkanes) is 1. The van der Waals surface area contributed by atoms with Crippen molar-refractivity contribution in [2.24, 2.45) is 22.9 Å². The molecule has 0 spiro atoms. The molecule has 0 radical (unpaired) electrons. The van der Waals surface area contributed by atoms with Crippen LogP contribution < -0.4 is 22.9 Å². The molecule has 0 saturated carbocycles. The number of hydrogen-bond acceptors (Lipinski definition) is 6. The minimum atomic E-state index is 0.127. The average Bonchev–Trinajstić information content (AvgIpc) is 2.65. The topological polar surface area (TPSA) is 145 Å². The van der Waals surface area contributed by atoms with E-state index in [1.807, 2.05) is 9.80 Å². The summed E-state index contributed by atoms with van der Waals surface area (Å²) in [6.45, 7) is 5.01. The number of nitrogens with two attached hydrogens (primary N) is 4. The maximum absolute atomic E-state index is 12.3. The lowest BCUT2D eigenvalue weighted by Crippen LogP contribution is -2.35. The number of hydrogen-bond donors (Lipinski definition) is 4. The molecule has 0 unspecified atom stereocenters. The molecule has 0 saturated heterocycles. The predicted octanol–water partition coefficient (Wildman–Crippen LogP) is -0.401. The van der Waals surface area contributed by atoms with Gasteiger partial charge in [0.25, 0.3) is 0 Å². The SMILES string of the molecule is NCCCN(CCCN)C(=O)CCCCC(=O)N(CCCN)CCCN. The number of rotatable bonds is 17. The maximum Gasteiger partial charge on any atom is 0.222 e. The van der Waals surface area contributed by atoms with E-state index in [0.717, 1.165) is 25.7 Å². The van der Waals surface area contributed by atoms with Gasteiger partial charge in [-0.2, -0.15) is 0 Å². The number of amides is 2. The van der Waals surface area contributed by atoms with Gasteiger partial charge >= 0.3 is 0 Å². The second-order valence-electron chi connectivity index (χ2n) is 6.54. The quantitative estimate of drug-likeness (QED) is 0.256. The highest BCUT2D eigenvalue weighted by molar-refractivity contribution is 5.77. The van der Waals surface area contributed by atoms with Gasteiger partial charge in [-0.25, -0.2) is 0 Å². The molecule has 0 aromatic carbocycles. The van der Waals surface area contributed by atoms with Crippen LogP contribution in [0.5, 0.6) is 0 Å². The Bertz CT molecular complexity index is 318. The first kappa shape index (κ1) is 24.8. The summed E-state index contributed by atoms with van der Waals surface area (Å²) in [5, 5.41) is 0. The summed E-state index contributed by atoms with van der Waals surface area (Å²) < 4.78 is 0. The lowest BCUT2D eigenvalue weighted by atomic mass is 10.1. The molecule has 0 aliphatic heterocycles. The zero-order valence-electron chi connectivity index (χ0n) is 16.3. The summed E-state index contributed by atoms with van der Waals surface area (Å²) >= 11 is 0. The van der Waals surface area contributed by atoms with Crippen molar-refractivity contribution in [3.8, 4) is 0 Å². The molecule has 0 aliphatic rings. The third-order valence-corrected chi connectivity index (χ3v) is 4.27. The molecule has 0 fully saturated rings. The fourth-order valence-electron chi connectivity index (χ4n) is 2.72. The molecule has 2 amide bonds. The van der Waals surface area contributed by atoms with Crippen molar-refractivity contribution in [3.63, 3.8) is 0 Å². The van der Waals surface area contributed by atoms with Crippen molar-refractivity contribution >= 4 is 11.8 Å². The van der Waals surface area contributed by atoms with Crippen molar-refractivity contribution in [2.45, 2.75) is 51.4 Å². The van der Waals surface area contributed by atoms with Gasteiger partial charge in [-0.15, -0.1) is 0 Å². The van der Waals surface area contributed by atoms with E-state index >= 15 is 0 Å². The highest BCUT2D eigenvalue weighted by atomic mass is 16.2. The molecular formula is C18H40N6O2. The summed E-state index contributed by atoms with van der Waals surface area (Å²) in [6.07, 6.45) is 5.56. The highest BCUT2D eigenvalue weighted by Crippen LogP contribution is 2.08. The van der Waals surface area contributed by atoms with Gasteiger partial charge in [0.05, 0.1) is 0 Å². The van der Waals surface area contributed by atoms with Gasteiger partial charge < -0.3 is 32.7 Å². The van der Waals surface area contributed by atoms with Gasteiger partial charge in [-0.3, -0.25) is 9.59 Å². The molecule has 0 bridgehead atoms. The van der Waals surface area contributed by atoms with Crippen LogP contribution in [0.15, 0.2) is 0 Å². The van der Waals surface area contributed by atoms with Gasteiger partial charge in [0, 0.05) is 39.0 Å². The van der Waals surface area contributed by atoms with Gasteiger partial charge in [-0.05, 0) is 64.7 Å². The zero-order valence-corrected chi connectivity index (χ0v) is 16.3. The molecule has 0 aromatic heterocycles. The molecule has 0 atom stereocenters. The van der Waals surface area contributed by atoms with Crippen molar-refractivity contribution < 1.29 is 9.59 Å².